The van der Waals surface area contributed by atoms with Gasteiger partial charge in [0.15, 0.2) is 5.13 Å². The number of benzene rings is 1. The number of aromatic nitrogens is 1. The molecule has 1 fully saturated rings. The van der Waals surface area contributed by atoms with Crippen LogP contribution in [0.25, 0.3) is 10.2 Å². The predicted molar refractivity (Wildman–Crippen MR) is 129 cm³/mol. The Kier molecular flexibility index (Phi) is 7.82. The Hall–Kier alpha value is -1.73. The van der Waals surface area contributed by atoms with Gasteiger partial charge in [0.1, 0.15) is 0 Å². The minimum Gasteiger partial charge on any atom is -0.378 e. The van der Waals surface area contributed by atoms with Gasteiger partial charge in [-0.2, -0.15) is 24.5 Å². The molecule has 1 unspecified atom stereocenters. The van der Waals surface area contributed by atoms with Crippen molar-refractivity contribution in [1.82, 2.24) is 9.71 Å². The summed E-state index contributed by atoms with van der Waals surface area (Å²) < 4.78 is 73.7. The first-order valence-corrected chi connectivity index (χ1v) is 14.3. The first-order chi connectivity index (χ1) is 16.2. The average molecular weight is 534 g/mol. The Morgan fingerprint density at radius 2 is 2.06 bits per heavy atom. The number of thiophene rings is 1. The minimum atomic E-state index is -4.52. The van der Waals surface area contributed by atoms with Crippen molar-refractivity contribution in [3.8, 4) is 0 Å². The summed E-state index contributed by atoms with van der Waals surface area (Å²) in [4.78, 5) is 6.89. The molecule has 4 rings (SSSR count). The molecule has 34 heavy (non-hydrogen) atoms. The standard InChI is InChI=1S/C22H26F3N3O3S3/c1-2-10-31-16-4-3-8-28(9-7-16)21-27-19-6-5-17(11-20(19)33-21)34(29,30)26-12-15-13-32-14-18(15)22(23,24)25/h5-6,11,13-14,16,26H,2-4,7-10,12H2,1H3. The lowest BCUT2D eigenvalue weighted by atomic mass is 10.2. The van der Waals surface area contributed by atoms with E-state index in [1.54, 1.807) is 6.07 Å². The lowest BCUT2D eigenvalue weighted by Gasteiger charge is -2.19. The summed E-state index contributed by atoms with van der Waals surface area (Å²) in [6.07, 6.45) is -0.347. The van der Waals surface area contributed by atoms with Crippen molar-refractivity contribution in [1.29, 1.82) is 0 Å². The summed E-state index contributed by atoms with van der Waals surface area (Å²) in [7, 11) is -3.99. The molecule has 6 nitrogen and oxygen atoms in total. The topological polar surface area (TPSA) is 71.5 Å². The van der Waals surface area contributed by atoms with Crippen LogP contribution in [0.2, 0.25) is 0 Å². The number of alkyl halides is 3. The highest BCUT2D eigenvalue weighted by molar-refractivity contribution is 7.89. The van der Waals surface area contributed by atoms with Crippen LogP contribution in [0.5, 0.6) is 0 Å². The molecule has 1 saturated heterocycles. The Labute approximate surface area is 204 Å². The zero-order valence-corrected chi connectivity index (χ0v) is 21.0. The summed E-state index contributed by atoms with van der Waals surface area (Å²) in [6.45, 7) is 4.11. The lowest BCUT2D eigenvalue weighted by Crippen LogP contribution is -2.24. The van der Waals surface area contributed by atoms with E-state index in [4.69, 9.17) is 4.74 Å². The summed E-state index contributed by atoms with van der Waals surface area (Å²) in [5.74, 6) is 0. The fourth-order valence-corrected chi connectivity index (χ4v) is 6.90. The molecule has 0 saturated carbocycles. The highest BCUT2D eigenvalue weighted by atomic mass is 32.2. The average Bonchev–Trinajstić information content (AvgIpc) is 3.37. The molecule has 0 spiro atoms. The van der Waals surface area contributed by atoms with Crippen molar-refractivity contribution < 1.29 is 26.3 Å². The molecular weight excluding hydrogens is 507 g/mol. The summed E-state index contributed by atoms with van der Waals surface area (Å²) in [6, 6.07) is 4.60. The Morgan fingerprint density at radius 3 is 2.82 bits per heavy atom. The molecule has 186 valence electrons. The van der Waals surface area contributed by atoms with Gasteiger partial charge in [0, 0.05) is 31.6 Å². The van der Waals surface area contributed by atoms with Crippen molar-refractivity contribution in [2.24, 2.45) is 0 Å². The second kappa shape index (κ2) is 10.5. The van der Waals surface area contributed by atoms with Crippen LogP contribution in [0.3, 0.4) is 0 Å². The molecule has 2 aromatic heterocycles. The second-order valence-corrected chi connectivity index (χ2v) is 11.7. The Morgan fingerprint density at radius 1 is 1.24 bits per heavy atom. The van der Waals surface area contributed by atoms with Gasteiger partial charge >= 0.3 is 6.18 Å². The maximum absolute atomic E-state index is 13.1. The number of fused-ring (bicyclic) bond motifs is 1. The van der Waals surface area contributed by atoms with Crippen molar-refractivity contribution in [2.45, 2.75) is 56.3 Å². The maximum Gasteiger partial charge on any atom is 0.417 e. The van der Waals surface area contributed by atoms with Gasteiger partial charge in [-0.3, -0.25) is 0 Å². The molecule has 3 aromatic rings. The lowest BCUT2D eigenvalue weighted by molar-refractivity contribution is -0.137. The number of nitrogens with one attached hydrogen (secondary N) is 1. The van der Waals surface area contributed by atoms with E-state index in [9.17, 15) is 21.6 Å². The van der Waals surface area contributed by atoms with Crippen LogP contribution in [0, 0.1) is 0 Å². The first kappa shape index (κ1) is 25.4. The van der Waals surface area contributed by atoms with Crippen molar-refractivity contribution in [2.75, 3.05) is 24.6 Å². The summed E-state index contributed by atoms with van der Waals surface area (Å²) in [5, 5.41) is 3.13. The van der Waals surface area contributed by atoms with E-state index in [0.29, 0.717) is 10.2 Å². The third kappa shape index (κ3) is 5.91. The molecule has 1 aliphatic rings. The van der Waals surface area contributed by atoms with E-state index in [2.05, 4.69) is 21.5 Å². The number of nitrogens with zero attached hydrogens (tertiary/aromatic N) is 2. The van der Waals surface area contributed by atoms with Crippen LogP contribution < -0.4 is 9.62 Å². The van der Waals surface area contributed by atoms with Gasteiger partial charge in [-0.05, 0) is 54.8 Å². The number of hydrogen-bond acceptors (Lipinski definition) is 7. The van der Waals surface area contributed by atoms with Crippen molar-refractivity contribution in [3.05, 3.63) is 40.1 Å². The zero-order chi connectivity index (χ0) is 24.3. The van der Waals surface area contributed by atoms with E-state index >= 15 is 0 Å². The Bertz CT molecular complexity index is 1220. The molecule has 3 heterocycles. The quantitative estimate of drug-likeness (QED) is 0.406. The molecule has 12 heteroatoms. The molecule has 0 bridgehead atoms. The van der Waals surface area contributed by atoms with E-state index < -0.39 is 28.3 Å². The van der Waals surface area contributed by atoms with Crippen LogP contribution in [-0.4, -0.2) is 39.2 Å². The van der Waals surface area contributed by atoms with Crippen LogP contribution in [0.1, 0.15) is 43.7 Å². The molecule has 0 amide bonds. The number of hydrogen-bond donors (Lipinski definition) is 1. The number of thiazole rings is 1. The van der Waals surface area contributed by atoms with Crippen molar-refractivity contribution in [3.63, 3.8) is 0 Å². The normalized spacial score (nSPS) is 17.9. The van der Waals surface area contributed by atoms with Gasteiger partial charge in [0.2, 0.25) is 10.0 Å². The number of anilines is 1. The molecule has 0 radical (unpaired) electrons. The fourth-order valence-electron chi connectivity index (χ4n) is 3.87. The van der Waals surface area contributed by atoms with E-state index in [0.717, 1.165) is 67.2 Å². The van der Waals surface area contributed by atoms with Gasteiger partial charge in [-0.1, -0.05) is 18.3 Å². The van der Waals surface area contributed by atoms with Gasteiger partial charge in [0.25, 0.3) is 0 Å². The van der Waals surface area contributed by atoms with Gasteiger partial charge in [-0.15, -0.1) is 0 Å². The third-order valence-corrected chi connectivity index (χ3v) is 8.93. The number of sulfonamides is 1. The molecule has 1 N–H and O–H groups in total. The number of halogens is 3. The molecule has 0 aliphatic carbocycles. The van der Waals surface area contributed by atoms with Gasteiger partial charge < -0.3 is 9.64 Å². The van der Waals surface area contributed by atoms with E-state index in [-0.39, 0.29) is 16.6 Å². The molecule has 1 aromatic carbocycles. The van der Waals surface area contributed by atoms with Crippen LogP contribution in [0.15, 0.2) is 33.9 Å². The smallest absolute Gasteiger partial charge is 0.378 e. The summed E-state index contributed by atoms with van der Waals surface area (Å²) in [5.41, 5.74) is -0.216. The SMILES string of the molecule is CCCOC1CCCN(c2nc3ccc(S(=O)(=O)NCc4cscc4C(F)(F)F)cc3s2)CC1. The Balaban J connectivity index is 1.47. The van der Waals surface area contributed by atoms with E-state index in [1.165, 1.54) is 28.8 Å². The molecular formula is C22H26F3N3O3S3. The molecule has 1 atom stereocenters. The number of ether oxygens (including phenoxy) is 1. The monoisotopic (exact) mass is 533 g/mol. The van der Waals surface area contributed by atoms with Gasteiger partial charge in [-0.25, -0.2) is 18.1 Å². The highest BCUT2D eigenvalue weighted by Crippen LogP contribution is 2.35. The third-order valence-electron chi connectivity index (χ3n) is 5.66. The van der Waals surface area contributed by atoms with Crippen LogP contribution in [0.4, 0.5) is 18.3 Å². The van der Waals surface area contributed by atoms with Crippen LogP contribution in [-0.2, 0) is 27.5 Å². The zero-order valence-electron chi connectivity index (χ0n) is 18.6. The summed E-state index contributed by atoms with van der Waals surface area (Å²) >= 11 is 2.31. The highest BCUT2D eigenvalue weighted by Gasteiger charge is 2.34. The van der Waals surface area contributed by atoms with Gasteiger partial charge in [0.05, 0.1) is 26.8 Å². The van der Waals surface area contributed by atoms with Crippen molar-refractivity contribution >= 4 is 48.0 Å². The molecule has 1 aliphatic heterocycles. The second-order valence-electron chi connectivity index (χ2n) is 8.17. The largest absolute Gasteiger partial charge is 0.417 e. The number of rotatable bonds is 8. The van der Waals surface area contributed by atoms with Crippen LogP contribution >= 0.6 is 22.7 Å². The predicted octanol–water partition coefficient (Wildman–Crippen LogP) is 5.64. The first-order valence-electron chi connectivity index (χ1n) is 11.1. The maximum atomic E-state index is 13.1. The fraction of sp³-hybridized carbons (Fsp3) is 0.500. The minimum absolute atomic E-state index is 0.00267. The van der Waals surface area contributed by atoms with E-state index in [1.807, 2.05) is 0 Å².